The Labute approximate surface area is 159 Å². The van der Waals surface area contributed by atoms with Crippen LogP contribution in [-0.4, -0.2) is 18.9 Å². The second-order valence-electron chi connectivity index (χ2n) is 6.34. The molecule has 3 aromatic rings. The predicted molar refractivity (Wildman–Crippen MR) is 109 cm³/mol. The van der Waals surface area contributed by atoms with Crippen LogP contribution in [0, 0.1) is 0 Å². The number of carbonyl (C=O) groups excluding carboxylic acids is 2. The van der Waals surface area contributed by atoms with Crippen molar-refractivity contribution in [2.45, 2.75) is 12.8 Å². The van der Waals surface area contributed by atoms with Gasteiger partial charge in [0, 0.05) is 14.0 Å². The molecule has 4 heteroatoms. The first kappa shape index (κ1) is 18.4. The molecule has 0 fully saturated rings. The molecule has 0 unspecified atom stereocenters. The molecule has 4 nitrogen and oxygen atoms in total. The molecule has 27 heavy (non-hydrogen) atoms. The lowest BCUT2D eigenvalue weighted by molar-refractivity contribution is -0.117. The standard InChI is InChI=1S/C23H22N2O2/c1-17(26)25(2)21-16-10-9-15-20(21)24-23(27)22(18-11-5-3-6-12-18)19-13-7-4-8-14-19/h3-16,22H,1-2H3,(H,24,27). The Hall–Kier alpha value is -3.40. The number of carbonyl (C=O) groups is 2. The monoisotopic (exact) mass is 358 g/mol. The highest BCUT2D eigenvalue weighted by Gasteiger charge is 2.24. The third-order valence-corrected chi connectivity index (χ3v) is 4.52. The minimum Gasteiger partial charge on any atom is -0.323 e. The molecule has 0 saturated carbocycles. The summed E-state index contributed by atoms with van der Waals surface area (Å²) in [5.41, 5.74) is 3.10. The van der Waals surface area contributed by atoms with Crippen molar-refractivity contribution in [3.8, 4) is 0 Å². The van der Waals surface area contributed by atoms with Crippen molar-refractivity contribution in [1.82, 2.24) is 0 Å². The Bertz CT molecular complexity index is 884. The minimum atomic E-state index is -0.442. The zero-order valence-corrected chi connectivity index (χ0v) is 15.4. The highest BCUT2D eigenvalue weighted by Crippen LogP contribution is 2.29. The number of para-hydroxylation sites is 2. The molecule has 0 heterocycles. The van der Waals surface area contributed by atoms with Gasteiger partial charge in [-0.05, 0) is 23.3 Å². The zero-order chi connectivity index (χ0) is 19.2. The smallest absolute Gasteiger partial charge is 0.236 e. The molecule has 0 bridgehead atoms. The van der Waals surface area contributed by atoms with Gasteiger partial charge in [0.25, 0.3) is 0 Å². The van der Waals surface area contributed by atoms with Crippen molar-refractivity contribution >= 4 is 23.2 Å². The summed E-state index contributed by atoms with van der Waals surface area (Å²) < 4.78 is 0. The molecular formula is C23H22N2O2. The van der Waals surface area contributed by atoms with Gasteiger partial charge in [0.1, 0.15) is 0 Å². The lowest BCUT2D eigenvalue weighted by atomic mass is 9.90. The minimum absolute atomic E-state index is 0.0978. The van der Waals surface area contributed by atoms with Gasteiger partial charge in [-0.15, -0.1) is 0 Å². The van der Waals surface area contributed by atoms with Gasteiger partial charge >= 0.3 is 0 Å². The second-order valence-corrected chi connectivity index (χ2v) is 6.34. The molecule has 0 aliphatic carbocycles. The quantitative estimate of drug-likeness (QED) is 0.733. The van der Waals surface area contributed by atoms with Gasteiger partial charge in [0.05, 0.1) is 17.3 Å². The number of nitrogens with one attached hydrogen (secondary N) is 1. The van der Waals surface area contributed by atoms with Crippen molar-refractivity contribution in [3.63, 3.8) is 0 Å². The molecule has 0 atom stereocenters. The van der Waals surface area contributed by atoms with E-state index in [-0.39, 0.29) is 11.8 Å². The Kier molecular flexibility index (Phi) is 5.67. The van der Waals surface area contributed by atoms with E-state index in [9.17, 15) is 9.59 Å². The van der Waals surface area contributed by atoms with Crippen LogP contribution in [0.5, 0.6) is 0 Å². The van der Waals surface area contributed by atoms with Gasteiger partial charge < -0.3 is 10.2 Å². The first-order chi connectivity index (χ1) is 13.1. The zero-order valence-electron chi connectivity index (χ0n) is 15.4. The van der Waals surface area contributed by atoms with Gasteiger partial charge in [0.15, 0.2) is 0 Å². The highest BCUT2D eigenvalue weighted by atomic mass is 16.2. The van der Waals surface area contributed by atoms with Gasteiger partial charge in [0.2, 0.25) is 11.8 Å². The lowest BCUT2D eigenvalue weighted by Crippen LogP contribution is -2.27. The summed E-state index contributed by atoms with van der Waals surface area (Å²) in [5.74, 6) is -0.681. The summed E-state index contributed by atoms with van der Waals surface area (Å²) in [6.45, 7) is 1.50. The first-order valence-corrected chi connectivity index (χ1v) is 8.82. The maximum atomic E-state index is 13.2. The lowest BCUT2D eigenvalue weighted by Gasteiger charge is -2.22. The van der Waals surface area contributed by atoms with Crippen LogP contribution in [0.4, 0.5) is 11.4 Å². The molecule has 3 aromatic carbocycles. The molecule has 0 aliphatic rings. The molecule has 0 aromatic heterocycles. The second kappa shape index (κ2) is 8.32. The molecule has 1 N–H and O–H groups in total. The van der Waals surface area contributed by atoms with Crippen LogP contribution in [-0.2, 0) is 9.59 Å². The summed E-state index contributed by atoms with van der Waals surface area (Å²) in [6.07, 6.45) is 0. The number of amides is 2. The Morgan fingerprint density at radius 2 is 1.26 bits per heavy atom. The number of hydrogen-bond donors (Lipinski definition) is 1. The van der Waals surface area contributed by atoms with Crippen LogP contribution in [0.25, 0.3) is 0 Å². The maximum absolute atomic E-state index is 13.2. The summed E-state index contributed by atoms with van der Waals surface area (Å²) in [6, 6.07) is 26.7. The van der Waals surface area contributed by atoms with Gasteiger partial charge in [-0.1, -0.05) is 72.8 Å². The van der Waals surface area contributed by atoms with E-state index in [1.165, 1.54) is 11.8 Å². The maximum Gasteiger partial charge on any atom is 0.236 e. The fraction of sp³-hybridized carbons (Fsp3) is 0.130. The third kappa shape index (κ3) is 4.23. The van der Waals surface area contributed by atoms with Crippen LogP contribution in [0.15, 0.2) is 84.9 Å². The largest absolute Gasteiger partial charge is 0.323 e. The number of benzene rings is 3. The summed E-state index contributed by atoms with van der Waals surface area (Å²) in [5, 5.41) is 3.01. The summed E-state index contributed by atoms with van der Waals surface area (Å²) in [4.78, 5) is 26.5. The van der Waals surface area contributed by atoms with Crippen LogP contribution >= 0.6 is 0 Å². The topological polar surface area (TPSA) is 49.4 Å². The van der Waals surface area contributed by atoms with E-state index in [1.54, 1.807) is 13.1 Å². The summed E-state index contributed by atoms with van der Waals surface area (Å²) in [7, 11) is 1.69. The first-order valence-electron chi connectivity index (χ1n) is 8.82. The molecule has 2 amide bonds. The molecule has 0 aliphatic heterocycles. The van der Waals surface area contributed by atoms with E-state index in [4.69, 9.17) is 0 Å². The predicted octanol–water partition coefficient (Wildman–Crippen LogP) is 4.44. The summed E-state index contributed by atoms with van der Waals surface area (Å²) >= 11 is 0. The van der Waals surface area contributed by atoms with Crippen molar-refractivity contribution in [2.75, 3.05) is 17.3 Å². The average Bonchev–Trinajstić information content (AvgIpc) is 2.69. The molecule has 0 saturated heterocycles. The molecule has 3 rings (SSSR count). The normalized spacial score (nSPS) is 10.5. The van der Waals surface area contributed by atoms with Crippen LogP contribution in [0.3, 0.4) is 0 Å². The van der Waals surface area contributed by atoms with E-state index in [0.717, 1.165) is 11.1 Å². The number of rotatable bonds is 5. The van der Waals surface area contributed by atoms with Crippen molar-refractivity contribution < 1.29 is 9.59 Å². The van der Waals surface area contributed by atoms with E-state index >= 15 is 0 Å². The Morgan fingerprint density at radius 3 is 1.78 bits per heavy atom. The highest BCUT2D eigenvalue weighted by molar-refractivity contribution is 6.03. The fourth-order valence-electron chi connectivity index (χ4n) is 3.03. The van der Waals surface area contributed by atoms with Crippen LogP contribution < -0.4 is 10.2 Å². The molecule has 0 radical (unpaired) electrons. The van der Waals surface area contributed by atoms with Crippen molar-refractivity contribution in [2.24, 2.45) is 0 Å². The molecular weight excluding hydrogens is 336 g/mol. The molecule has 136 valence electrons. The van der Waals surface area contributed by atoms with E-state index in [2.05, 4.69) is 5.32 Å². The van der Waals surface area contributed by atoms with Crippen molar-refractivity contribution in [1.29, 1.82) is 0 Å². The van der Waals surface area contributed by atoms with Gasteiger partial charge in [-0.2, -0.15) is 0 Å². The molecule has 0 spiro atoms. The number of nitrogens with zero attached hydrogens (tertiary/aromatic N) is 1. The van der Waals surface area contributed by atoms with Gasteiger partial charge in [-0.25, -0.2) is 0 Å². The fourth-order valence-corrected chi connectivity index (χ4v) is 3.03. The van der Waals surface area contributed by atoms with Crippen molar-refractivity contribution in [3.05, 3.63) is 96.1 Å². The number of anilines is 2. The number of hydrogen-bond acceptors (Lipinski definition) is 2. The Balaban J connectivity index is 1.96. The van der Waals surface area contributed by atoms with Crippen LogP contribution in [0.1, 0.15) is 24.0 Å². The van der Waals surface area contributed by atoms with Crippen LogP contribution in [0.2, 0.25) is 0 Å². The average molecular weight is 358 g/mol. The third-order valence-electron chi connectivity index (χ3n) is 4.52. The van der Waals surface area contributed by atoms with E-state index in [0.29, 0.717) is 11.4 Å². The van der Waals surface area contributed by atoms with Gasteiger partial charge in [-0.3, -0.25) is 9.59 Å². The SMILES string of the molecule is CC(=O)N(C)c1ccccc1NC(=O)C(c1ccccc1)c1ccccc1. The van der Waals surface area contributed by atoms with E-state index < -0.39 is 5.92 Å². The van der Waals surface area contributed by atoms with E-state index in [1.807, 2.05) is 78.9 Å². The Morgan fingerprint density at radius 1 is 0.778 bits per heavy atom.